The van der Waals surface area contributed by atoms with E-state index in [2.05, 4.69) is 0 Å². The Morgan fingerprint density at radius 1 is 1.00 bits per heavy atom. The van der Waals surface area contributed by atoms with Crippen LogP contribution < -0.4 is 4.74 Å². The van der Waals surface area contributed by atoms with Crippen LogP contribution in [0.2, 0.25) is 5.02 Å². The number of nitrogens with zero attached hydrogens (tertiary/aromatic N) is 4. The monoisotopic (exact) mass is 576 g/mol. The van der Waals surface area contributed by atoms with Gasteiger partial charge in [-0.1, -0.05) is 48.9 Å². The second-order valence-corrected chi connectivity index (χ2v) is 10.5. The molecule has 3 aromatic carbocycles. The van der Waals surface area contributed by atoms with Crippen LogP contribution in [0.5, 0.6) is 5.75 Å². The maximum absolute atomic E-state index is 13.6. The highest BCUT2D eigenvalue weighted by atomic mass is 35.5. The molecule has 1 unspecified atom stereocenters. The van der Waals surface area contributed by atoms with Crippen LogP contribution in [0, 0.1) is 11.3 Å². The third-order valence-electron chi connectivity index (χ3n) is 7.31. The Labute approximate surface area is 249 Å². The SMILES string of the molecule is CCC(C)N1C(=O)C(C#N)=C(C)/C(=C\c2cn(-c3ccccc3)nc2-c2ccc(OCc3ccc(Cl)cc3)cc2)C1=O. The van der Waals surface area contributed by atoms with Gasteiger partial charge in [-0.05, 0) is 86.0 Å². The number of nitriles is 1. The minimum atomic E-state index is -0.555. The molecule has 2 amide bonds. The minimum Gasteiger partial charge on any atom is -0.489 e. The summed E-state index contributed by atoms with van der Waals surface area (Å²) in [6, 6.07) is 26.4. The number of ether oxygens (including phenoxy) is 1. The third kappa shape index (κ3) is 5.76. The average molecular weight is 577 g/mol. The van der Waals surface area contributed by atoms with Gasteiger partial charge in [-0.25, -0.2) is 4.68 Å². The molecule has 0 radical (unpaired) electrons. The summed E-state index contributed by atoms with van der Waals surface area (Å²) in [7, 11) is 0. The van der Waals surface area contributed by atoms with E-state index in [0.29, 0.717) is 46.2 Å². The Morgan fingerprint density at radius 3 is 2.33 bits per heavy atom. The fourth-order valence-electron chi connectivity index (χ4n) is 4.72. The van der Waals surface area contributed by atoms with Crippen LogP contribution in [0.15, 0.2) is 102 Å². The third-order valence-corrected chi connectivity index (χ3v) is 7.57. The molecule has 4 aromatic rings. The summed E-state index contributed by atoms with van der Waals surface area (Å²) in [5.74, 6) is -0.283. The fourth-order valence-corrected chi connectivity index (χ4v) is 4.85. The highest BCUT2D eigenvalue weighted by molar-refractivity contribution is 6.30. The van der Waals surface area contributed by atoms with E-state index < -0.39 is 11.8 Å². The molecule has 1 aliphatic heterocycles. The second-order valence-electron chi connectivity index (χ2n) is 10.1. The summed E-state index contributed by atoms with van der Waals surface area (Å²) in [5, 5.41) is 15.3. The number of para-hydroxylation sites is 1. The molecular formula is C34H29ClN4O3. The molecule has 0 saturated heterocycles. The van der Waals surface area contributed by atoms with Crippen LogP contribution in [0.1, 0.15) is 38.3 Å². The van der Waals surface area contributed by atoms with Gasteiger partial charge in [0, 0.05) is 34.0 Å². The second kappa shape index (κ2) is 12.3. The van der Waals surface area contributed by atoms with E-state index >= 15 is 0 Å². The number of carbonyl (C=O) groups is 2. The first-order chi connectivity index (χ1) is 20.3. The van der Waals surface area contributed by atoms with E-state index in [1.54, 1.807) is 24.6 Å². The standard InChI is InChI=1S/C34H29ClN4O3/c1-4-22(2)39-33(40)30(23(3)31(19-36)34(39)41)18-26-20-38(28-8-6-5-7-9-28)37-32(26)25-12-16-29(17-13-25)42-21-24-10-14-27(35)15-11-24/h5-18,20,22H,4,21H2,1-3H3/b30-18+. The zero-order chi connectivity index (χ0) is 29.8. The number of imide groups is 1. The van der Waals surface area contributed by atoms with Crippen molar-refractivity contribution in [1.29, 1.82) is 5.26 Å². The fraction of sp³-hybridized carbons (Fsp3) is 0.176. The Hall–Kier alpha value is -4.93. The molecule has 1 aromatic heterocycles. The lowest BCUT2D eigenvalue weighted by Crippen LogP contribution is -2.47. The minimum absolute atomic E-state index is 0.0275. The lowest BCUT2D eigenvalue weighted by Gasteiger charge is -2.31. The predicted octanol–water partition coefficient (Wildman–Crippen LogP) is 7.16. The lowest BCUT2D eigenvalue weighted by molar-refractivity contribution is -0.142. The van der Waals surface area contributed by atoms with Crippen molar-refractivity contribution in [2.45, 2.75) is 39.8 Å². The molecule has 7 nitrogen and oxygen atoms in total. The first-order valence-electron chi connectivity index (χ1n) is 13.6. The van der Waals surface area contributed by atoms with E-state index in [-0.39, 0.29) is 11.6 Å². The molecule has 1 atom stereocenters. The van der Waals surface area contributed by atoms with Crippen LogP contribution in [0.4, 0.5) is 0 Å². The molecule has 210 valence electrons. The van der Waals surface area contributed by atoms with E-state index in [1.165, 1.54) is 4.90 Å². The number of amides is 2. The highest BCUT2D eigenvalue weighted by Gasteiger charge is 2.37. The van der Waals surface area contributed by atoms with E-state index in [9.17, 15) is 14.9 Å². The van der Waals surface area contributed by atoms with Gasteiger partial charge in [0.1, 0.15) is 24.0 Å². The van der Waals surface area contributed by atoms with Gasteiger partial charge in [-0.2, -0.15) is 10.4 Å². The van der Waals surface area contributed by atoms with E-state index in [4.69, 9.17) is 21.4 Å². The predicted molar refractivity (Wildman–Crippen MR) is 163 cm³/mol. The summed E-state index contributed by atoms with van der Waals surface area (Å²) in [5.41, 5.74) is 4.60. The Balaban J connectivity index is 1.55. The molecule has 2 heterocycles. The summed E-state index contributed by atoms with van der Waals surface area (Å²) in [4.78, 5) is 27.8. The summed E-state index contributed by atoms with van der Waals surface area (Å²) >= 11 is 5.98. The Bertz CT molecular complexity index is 1730. The molecule has 0 saturated carbocycles. The largest absolute Gasteiger partial charge is 0.489 e. The van der Waals surface area contributed by atoms with Crippen molar-refractivity contribution in [2.75, 3.05) is 0 Å². The van der Waals surface area contributed by atoms with Gasteiger partial charge < -0.3 is 4.74 Å². The maximum Gasteiger partial charge on any atom is 0.271 e. The van der Waals surface area contributed by atoms with Crippen molar-refractivity contribution >= 4 is 29.5 Å². The van der Waals surface area contributed by atoms with Crippen molar-refractivity contribution < 1.29 is 14.3 Å². The van der Waals surface area contributed by atoms with Crippen molar-refractivity contribution in [1.82, 2.24) is 14.7 Å². The molecule has 0 aliphatic carbocycles. The number of hydrogen-bond acceptors (Lipinski definition) is 5. The number of aromatic nitrogens is 2. The van der Waals surface area contributed by atoms with E-state index in [0.717, 1.165) is 16.8 Å². The number of hydrogen-bond donors (Lipinski definition) is 0. The summed E-state index contributed by atoms with van der Waals surface area (Å²) < 4.78 is 7.71. The van der Waals surface area contributed by atoms with Crippen molar-refractivity contribution in [2.24, 2.45) is 0 Å². The first-order valence-corrected chi connectivity index (χ1v) is 14.0. The normalized spacial score (nSPS) is 15.2. The highest BCUT2D eigenvalue weighted by Crippen LogP contribution is 2.33. The van der Waals surface area contributed by atoms with Gasteiger partial charge >= 0.3 is 0 Å². The Kier molecular flexibility index (Phi) is 8.37. The molecular weight excluding hydrogens is 548 g/mol. The van der Waals surface area contributed by atoms with Crippen LogP contribution in [0.25, 0.3) is 23.0 Å². The number of benzene rings is 3. The van der Waals surface area contributed by atoms with Crippen molar-refractivity contribution in [3.63, 3.8) is 0 Å². The maximum atomic E-state index is 13.6. The quantitative estimate of drug-likeness (QED) is 0.164. The van der Waals surface area contributed by atoms with Crippen molar-refractivity contribution in [3.8, 4) is 28.8 Å². The van der Waals surface area contributed by atoms with E-state index in [1.807, 2.05) is 98.1 Å². The van der Waals surface area contributed by atoms with Gasteiger partial charge in [0.25, 0.3) is 11.8 Å². The molecule has 8 heteroatoms. The van der Waals surface area contributed by atoms with Crippen molar-refractivity contribution in [3.05, 3.63) is 118 Å². The molecule has 0 fully saturated rings. The molecule has 5 rings (SSSR count). The summed E-state index contributed by atoms with van der Waals surface area (Å²) in [6.45, 7) is 5.74. The van der Waals surface area contributed by atoms with Gasteiger partial charge in [-0.3, -0.25) is 14.5 Å². The number of halogens is 1. The molecule has 42 heavy (non-hydrogen) atoms. The van der Waals surface area contributed by atoms with Crippen LogP contribution in [-0.2, 0) is 16.2 Å². The van der Waals surface area contributed by atoms with Gasteiger partial charge in [0.2, 0.25) is 0 Å². The topological polar surface area (TPSA) is 88.2 Å². The molecule has 0 spiro atoms. The lowest BCUT2D eigenvalue weighted by atomic mass is 9.92. The summed E-state index contributed by atoms with van der Waals surface area (Å²) in [6.07, 6.45) is 4.15. The number of rotatable bonds is 8. The first kappa shape index (κ1) is 28.6. The van der Waals surface area contributed by atoms with Gasteiger partial charge in [0.15, 0.2) is 0 Å². The molecule has 1 aliphatic rings. The zero-order valence-corrected chi connectivity index (χ0v) is 24.3. The van der Waals surface area contributed by atoms with Crippen LogP contribution in [-0.4, -0.2) is 32.5 Å². The van der Waals surface area contributed by atoms with Gasteiger partial charge in [0.05, 0.1) is 11.4 Å². The van der Waals surface area contributed by atoms with Crippen LogP contribution in [0.3, 0.4) is 0 Å². The molecule has 0 N–H and O–H groups in total. The van der Waals surface area contributed by atoms with Crippen LogP contribution >= 0.6 is 11.6 Å². The molecule has 0 bridgehead atoms. The Morgan fingerprint density at radius 2 is 1.69 bits per heavy atom. The average Bonchev–Trinajstić information content (AvgIpc) is 3.44. The van der Waals surface area contributed by atoms with Gasteiger partial charge in [-0.15, -0.1) is 0 Å². The zero-order valence-electron chi connectivity index (χ0n) is 23.5. The number of carbonyl (C=O) groups excluding carboxylic acids is 2. The smallest absolute Gasteiger partial charge is 0.271 e.